The Kier molecular flexibility index (Phi) is 10.5. The monoisotopic (exact) mass is 693 g/mol. The molecule has 268 valence electrons. The number of piperidine rings is 3. The molecule has 3 saturated heterocycles. The molecule has 3 aliphatic heterocycles. The number of hydrogen-bond acceptors (Lipinski definition) is 9. The number of hydrogen-bond donors (Lipinski definition) is 6. The number of benzene rings is 3. The summed E-state index contributed by atoms with van der Waals surface area (Å²) in [5.74, 6) is 0.0347. The van der Waals surface area contributed by atoms with E-state index in [4.69, 9.17) is 4.74 Å². The van der Waals surface area contributed by atoms with Crippen LogP contribution in [0.2, 0.25) is 0 Å². The molecule has 1 aromatic heterocycles. The number of aliphatic hydroxyl groups is 1. The van der Waals surface area contributed by atoms with Crippen LogP contribution >= 0.6 is 0 Å². The molecule has 4 aromatic rings. The molecule has 6 N–H and O–H groups in total. The van der Waals surface area contributed by atoms with E-state index in [1.165, 1.54) is 17.7 Å². The Balaban J connectivity index is 0.888. The van der Waals surface area contributed by atoms with Gasteiger partial charge in [0.15, 0.2) is 0 Å². The first-order valence-electron chi connectivity index (χ1n) is 18.2. The highest BCUT2D eigenvalue weighted by Gasteiger charge is 2.48. The number of pyridine rings is 1. The van der Waals surface area contributed by atoms with E-state index >= 15 is 0 Å². The van der Waals surface area contributed by atoms with Crippen molar-refractivity contribution in [2.75, 3.05) is 39.3 Å². The van der Waals surface area contributed by atoms with Gasteiger partial charge in [0, 0.05) is 43.2 Å². The first-order chi connectivity index (χ1) is 24.8. The topological polar surface area (TPSA) is 156 Å². The predicted molar refractivity (Wildman–Crippen MR) is 194 cm³/mol. The van der Waals surface area contributed by atoms with Crippen molar-refractivity contribution < 1.29 is 24.5 Å². The number of aliphatic hydroxyl groups excluding tert-OH is 1. The maximum atomic E-state index is 14.0. The molecule has 0 saturated carbocycles. The number of aromatic hydroxyl groups is 1. The Hall–Kier alpha value is -4.55. The number of nitrogens with zero attached hydrogens (tertiary/aromatic N) is 1. The molecule has 0 spiro atoms. The van der Waals surface area contributed by atoms with Gasteiger partial charge >= 0.3 is 5.97 Å². The van der Waals surface area contributed by atoms with Gasteiger partial charge in [-0.25, -0.2) is 4.79 Å². The highest BCUT2D eigenvalue weighted by atomic mass is 16.5. The van der Waals surface area contributed by atoms with E-state index in [0.29, 0.717) is 60.5 Å². The van der Waals surface area contributed by atoms with Gasteiger partial charge in [0.25, 0.3) is 5.91 Å². The summed E-state index contributed by atoms with van der Waals surface area (Å²) in [5, 5.41) is 31.3. The van der Waals surface area contributed by atoms with Gasteiger partial charge in [-0.1, -0.05) is 42.5 Å². The Bertz CT molecular complexity index is 1940. The maximum Gasteiger partial charge on any atom is 0.331 e. The van der Waals surface area contributed by atoms with Gasteiger partial charge in [-0.2, -0.15) is 0 Å². The van der Waals surface area contributed by atoms with Gasteiger partial charge in [-0.05, 0) is 111 Å². The lowest BCUT2D eigenvalue weighted by atomic mass is 9.85. The Labute approximate surface area is 297 Å². The minimum atomic E-state index is -0.927. The highest BCUT2D eigenvalue weighted by Crippen LogP contribution is 2.40. The Morgan fingerprint density at radius 3 is 2.65 bits per heavy atom. The van der Waals surface area contributed by atoms with Crippen LogP contribution in [0.5, 0.6) is 5.75 Å². The van der Waals surface area contributed by atoms with Crippen LogP contribution in [-0.2, 0) is 28.0 Å². The minimum absolute atomic E-state index is 0.0441. The third-order valence-electron chi connectivity index (χ3n) is 10.9. The minimum Gasteiger partial charge on any atom is -0.506 e. The van der Waals surface area contributed by atoms with E-state index in [9.17, 15) is 24.6 Å². The second kappa shape index (κ2) is 15.4. The first-order valence-corrected chi connectivity index (χ1v) is 18.2. The van der Waals surface area contributed by atoms with Crippen LogP contribution in [0.1, 0.15) is 70.8 Å². The van der Waals surface area contributed by atoms with Crippen molar-refractivity contribution in [3.63, 3.8) is 0 Å². The summed E-state index contributed by atoms with van der Waals surface area (Å²) in [7, 11) is 0. The van der Waals surface area contributed by atoms with Crippen LogP contribution in [0.15, 0.2) is 77.6 Å². The lowest BCUT2D eigenvalue weighted by molar-refractivity contribution is -0.167. The van der Waals surface area contributed by atoms with Crippen molar-refractivity contribution in [3.8, 4) is 5.75 Å². The number of unbranched alkanes of at least 4 members (excludes halogenated alkanes) is 1. The number of carbonyl (C=O) groups excluding carboxylic acids is 2. The molecule has 3 aromatic carbocycles. The van der Waals surface area contributed by atoms with Crippen LogP contribution < -0.4 is 21.5 Å². The Morgan fingerprint density at radius 1 is 1.00 bits per heavy atom. The third-order valence-corrected chi connectivity index (χ3v) is 10.9. The molecular weight excluding hydrogens is 646 g/mol. The van der Waals surface area contributed by atoms with Crippen molar-refractivity contribution in [3.05, 3.63) is 111 Å². The van der Waals surface area contributed by atoms with Gasteiger partial charge in [-0.15, -0.1) is 0 Å². The van der Waals surface area contributed by atoms with E-state index in [1.807, 2.05) is 36.4 Å². The zero-order valence-corrected chi connectivity index (χ0v) is 28.8. The molecule has 3 fully saturated rings. The van der Waals surface area contributed by atoms with Crippen LogP contribution in [0.3, 0.4) is 0 Å². The number of nitrogens with one attached hydrogen (secondary N) is 4. The van der Waals surface area contributed by atoms with E-state index in [-0.39, 0.29) is 29.3 Å². The number of aromatic nitrogens is 1. The molecule has 2 bridgehead atoms. The number of phenolic OH excluding ortho intramolecular Hbond substituents is 1. The van der Waals surface area contributed by atoms with Gasteiger partial charge in [-0.3, -0.25) is 19.8 Å². The van der Waals surface area contributed by atoms with E-state index in [0.717, 1.165) is 62.9 Å². The maximum absolute atomic E-state index is 14.0. The van der Waals surface area contributed by atoms with E-state index < -0.39 is 11.6 Å². The average Bonchev–Trinajstić information content (AvgIpc) is 3.54. The molecule has 11 nitrogen and oxygen atoms in total. The van der Waals surface area contributed by atoms with Crippen LogP contribution in [0, 0.1) is 5.92 Å². The quantitative estimate of drug-likeness (QED) is 0.0858. The molecule has 4 aliphatic rings. The summed E-state index contributed by atoms with van der Waals surface area (Å²) in [4.78, 5) is 43.8. The summed E-state index contributed by atoms with van der Waals surface area (Å²) >= 11 is 0. The fraction of sp³-hybridized carbons (Fsp3) is 0.425. The number of aromatic amines is 1. The van der Waals surface area contributed by atoms with E-state index in [1.54, 1.807) is 18.2 Å². The number of amides is 1. The molecule has 8 rings (SSSR count). The average molecular weight is 694 g/mol. The molecule has 11 heteroatoms. The van der Waals surface area contributed by atoms with Crippen LogP contribution in [-0.4, -0.2) is 77.3 Å². The van der Waals surface area contributed by atoms with Crippen molar-refractivity contribution in [2.45, 2.75) is 62.8 Å². The van der Waals surface area contributed by atoms with Gasteiger partial charge in [0.1, 0.15) is 17.4 Å². The fourth-order valence-electron chi connectivity index (χ4n) is 8.01. The SMILES string of the molecule is O=C(NCCCCNC[C@H](O)c1ccc(O)c2[nH]c(=O)ccc12)c1cccc(CNC2(C(=O)O[C@H]3CN4CCC3CC4)CCc3ccccc32)c1. The van der Waals surface area contributed by atoms with Gasteiger partial charge in [0.2, 0.25) is 5.56 Å². The Morgan fingerprint density at radius 2 is 1.82 bits per heavy atom. The molecule has 0 radical (unpaired) electrons. The lowest BCUT2D eigenvalue weighted by Crippen LogP contribution is -2.55. The summed E-state index contributed by atoms with van der Waals surface area (Å²) in [6, 6.07) is 21.7. The zero-order chi connectivity index (χ0) is 35.4. The summed E-state index contributed by atoms with van der Waals surface area (Å²) in [5.41, 5.74) is 3.30. The number of esters is 1. The zero-order valence-electron chi connectivity index (χ0n) is 28.8. The normalized spacial score (nSPS) is 22.8. The summed E-state index contributed by atoms with van der Waals surface area (Å²) in [6.07, 6.45) is 4.25. The lowest BCUT2D eigenvalue weighted by Gasteiger charge is -2.45. The van der Waals surface area contributed by atoms with Gasteiger partial charge < -0.3 is 30.6 Å². The summed E-state index contributed by atoms with van der Waals surface area (Å²) < 4.78 is 6.31. The molecule has 1 amide bonds. The molecule has 4 heterocycles. The largest absolute Gasteiger partial charge is 0.506 e. The highest BCUT2D eigenvalue weighted by molar-refractivity contribution is 5.94. The van der Waals surface area contributed by atoms with Crippen molar-refractivity contribution in [1.82, 2.24) is 25.8 Å². The van der Waals surface area contributed by atoms with Crippen LogP contribution in [0.25, 0.3) is 10.9 Å². The van der Waals surface area contributed by atoms with E-state index in [2.05, 4.69) is 31.9 Å². The number of carbonyl (C=O) groups is 2. The van der Waals surface area contributed by atoms with Crippen LogP contribution in [0.4, 0.5) is 0 Å². The molecule has 1 unspecified atom stereocenters. The standard InChI is InChI=1S/C40H47N5O6/c46-33-12-10-30(31-11-13-36(48)44-37(31)33)34(47)24-41-18-3-4-19-42-38(49)29-8-5-6-26(22-29)23-43-40(17-14-27-7-1-2-9-32(27)40)39(50)51-35-25-45-20-15-28(35)16-21-45/h1-2,5-13,22,28,34-35,41,43,46-47H,3-4,14-21,23-25H2,(H,42,49)(H,44,48)/t34-,35-,40?/m0/s1. The number of ether oxygens (including phenoxy) is 1. The molecular formula is C40H47N5O6. The first kappa shape index (κ1) is 34.9. The third kappa shape index (κ3) is 7.57. The number of H-pyrrole nitrogens is 1. The molecule has 51 heavy (non-hydrogen) atoms. The second-order valence-corrected chi connectivity index (χ2v) is 14.2. The number of fused-ring (bicyclic) bond motifs is 5. The van der Waals surface area contributed by atoms with Gasteiger partial charge in [0.05, 0.1) is 11.6 Å². The van der Waals surface area contributed by atoms with Crippen molar-refractivity contribution in [2.24, 2.45) is 5.92 Å². The number of aryl methyl sites for hydroxylation is 1. The summed E-state index contributed by atoms with van der Waals surface area (Å²) in [6.45, 7) is 4.86. The van der Waals surface area contributed by atoms with Crippen molar-refractivity contribution >= 4 is 22.8 Å². The predicted octanol–water partition coefficient (Wildman–Crippen LogP) is 3.64. The fourth-order valence-corrected chi connectivity index (χ4v) is 8.01. The number of rotatable bonds is 14. The molecule has 1 aliphatic carbocycles. The molecule has 3 atom stereocenters. The second-order valence-electron chi connectivity index (χ2n) is 14.2. The van der Waals surface area contributed by atoms with Crippen molar-refractivity contribution in [1.29, 1.82) is 0 Å². The smallest absolute Gasteiger partial charge is 0.331 e. The number of phenols is 1.